The molecule has 1 fully saturated rings. The molecular weight excluding hydrogens is 360 g/mol. The molecule has 2 aromatic rings. The molecule has 150 valence electrons. The normalized spacial score (nSPS) is 14.5. The second-order valence-corrected chi connectivity index (χ2v) is 6.56. The van der Waals surface area contributed by atoms with E-state index in [-0.39, 0.29) is 17.3 Å². The standard InChI is InChI=1S/C19H26N6O3/c1-2-28-16-9-5-4-8-15(16)23-19-17(25(26)27)18(21-14-22-19)20-10-13-24-11-6-3-7-12-24/h4-5,8-9,14H,2-3,6-7,10-13H2,1H3,(H2,20,21,22,23). The molecule has 2 heterocycles. The highest BCUT2D eigenvalue weighted by Gasteiger charge is 2.24. The van der Waals surface area contributed by atoms with E-state index < -0.39 is 4.92 Å². The summed E-state index contributed by atoms with van der Waals surface area (Å²) in [4.78, 5) is 21.8. The maximum absolute atomic E-state index is 11.7. The zero-order valence-electron chi connectivity index (χ0n) is 16.1. The van der Waals surface area contributed by atoms with Crippen LogP contribution in [0.25, 0.3) is 0 Å². The zero-order valence-corrected chi connectivity index (χ0v) is 16.1. The molecule has 28 heavy (non-hydrogen) atoms. The minimum absolute atomic E-state index is 0.132. The molecule has 1 aliphatic heterocycles. The molecular formula is C19H26N6O3. The third kappa shape index (κ3) is 5.07. The van der Waals surface area contributed by atoms with Gasteiger partial charge in [-0.3, -0.25) is 10.1 Å². The first kappa shape index (κ1) is 19.8. The van der Waals surface area contributed by atoms with Gasteiger partial charge in [0.2, 0.25) is 11.6 Å². The molecule has 0 unspecified atom stereocenters. The number of nitrogens with one attached hydrogen (secondary N) is 2. The lowest BCUT2D eigenvalue weighted by molar-refractivity contribution is -0.383. The Balaban J connectivity index is 1.75. The molecule has 0 atom stereocenters. The molecule has 0 spiro atoms. The number of nitrogens with zero attached hydrogens (tertiary/aromatic N) is 4. The summed E-state index contributed by atoms with van der Waals surface area (Å²) in [5.74, 6) is 0.957. The SMILES string of the molecule is CCOc1ccccc1Nc1ncnc(NCCN2CCCCC2)c1[N+](=O)[O-]. The van der Waals surface area contributed by atoms with Gasteiger partial charge in [-0.05, 0) is 45.0 Å². The van der Waals surface area contributed by atoms with E-state index in [1.807, 2.05) is 19.1 Å². The minimum Gasteiger partial charge on any atom is -0.492 e. The van der Waals surface area contributed by atoms with Crippen molar-refractivity contribution in [2.24, 2.45) is 0 Å². The fraction of sp³-hybridized carbons (Fsp3) is 0.474. The van der Waals surface area contributed by atoms with E-state index in [9.17, 15) is 10.1 Å². The van der Waals surface area contributed by atoms with E-state index in [2.05, 4.69) is 25.5 Å². The fourth-order valence-corrected chi connectivity index (χ4v) is 3.27. The van der Waals surface area contributed by atoms with Crippen molar-refractivity contribution < 1.29 is 9.66 Å². The van der Waals surface area contributed by atoms with Crippen molar-refractivity contribution in [3.05, 3.63) is 40.7 Å². The van der Waals surface area contributed by atoms with Crippen LogP contribution in [0.4, 0.5) is 23.0 Å². The highest BCUT2D eigenvalue weighted by molar-refractivity contribution is 5.75. The summed E-state index contributed by atoms with van der Waals surface area (Å²) in [5.41, 5.74) is 0.442. The smallest absolute Gasteiger partial charge is 0.353 e. The summed E-state index contributed by atoms with van der Waals surface area (Å²) in [5, 5.41) is 17.8. The van der Waals surface area contributed by atoms with Gasteiger partial charge in [-0.15, -0.1) is 0 Å². The third-order valence-corrected chi connectivity index (χ3v) is 4.61. The molecule has 1 aromatic heterocycles. The van der Waals surface area contributed by atoms with Crippen molar-refractivity contribution in [3.8, 4) is 5.75 Å². The number of anilines is 3. The van der Waals surface area contributed by atoms with Gasteiger partial charge in [0.25, 0.3) is 0 Å². The van der Waals surface area contributed by atoms with Crippen LogP contribution >= 0.6 is 0 Å². The van der Waals surface area contributed by atoms with Crippen LogP contribution in [0.1, 0.15) is 26.2 Å². The molecule has 0 bridgehead atoms. The summed E-state index contributed by atoms with van der Waals surface area (Å²) in [6.07, 6.45) is 5.02. The predicted octanol–water partition coefficient (Wildman–Crippen LogP) is 3.42. The zero-order chi connectivity index (χ0) is 19.8. The Bertz CT molecular complexity index is 795. The largest absolute Gasteiger partial charge is 0.492 e. The van der Waals surface area contributed by atoms with Gasteiger partial charge in [0.05, 0.1) is 17.2 Å². The Hall–Kier alpha value is -2.94. The van der Waals surface area contributed by atoms with Gasteiger partial charge in [-0.25, -0.2) is 9.97 Å². The van der Waals surface area contributed by atoms with Gasteiger partial charge in [-0.2, -0.15) is 0 Å². The first-order valence-electron chi connectivity index (χ1n) is 9.63. The van der Waals surface area contributed by atoms with Crippen LogP contribution in [0, 0.1) is 10.1 Å². The summed E-state index contributed by atoms with van der Waals surface area (Å²) in [6, 6.07) is 7.27. The Kier molecular flexibility index (Phi) is 6.96. The first-order valence-corrected chi connectivity index (χ1v) is 9.63. The summed E-state index contributed by atoms with van der Waals surface area (Å²) < 4.78 is 5.57. The van der Waals surface area contributed by atoms with Crippen LogP contribution in [0.2, 0.25) is 0 Å². The summed E-state index contributed by atoms with van der Waals surface area (Å²) >= 11 is 0. The summed E-state index contributed by atoms with van der Waals surface area (Å²) in [7, 11) is 0. The maximum atomic E-state index is 11.7. The maximum Gasteiger partial charge on any atom is 0.353 e. The number of likely N-dealkylation sites (tertiary alicyclic amines) is 1. The van der Waals surface area contributed by atoms with E-state index in [1.54, 1.807) is 12.1 Å². The van der Waals surface area contributed by atoms with Crippen molar-refractivity contribution in [1.29, 1.82) is 0 Å². The van der Waals surface area contributed by atoms with Crippen molar-refractivity contribution in [2.75, 3.05) is 43.4 Å². The van der Waals surface area contributed by atoms with Crippen LogP contribution in [0.15, 0.2) is 30.6 Å². The lowest BCUT2D eigenvalue weighted by Gasteiger charge is -2.26. The lowest BCUT2D eigenvalue weighted by atomic mass is 10.1. The number of rotatable bonds is 9. The van der Waals surface area contributed by atoms with Crippen LogP contribution < -0.4 is 15.4 Å². The fourth-order valence-electron chi connectivity index (χ4n) is 3.27. The Morgan fingerprint density at radius 3 is 2.68 bits per heavy atom. The minimum atomic E-state index is -0.463. The highest BCUT2D eigenvalue weighted by Crippen LogP contribution is 2.34. The Labute approximate surface area is 164 Å². The molecule has 2 N–H and O–H groups in total. The summed E-state index contributed by atoms with van der Waals surface area (Å²) in [6.45, 7) is 5.95. The van der Waals surface area contributed by atoms with Crippen molar-refractivity contribution in [3.63, 3.8) is 0 Å². The van der Waals surface area contributed by atoms with Crippen LogP contribution in [0.3, 0.4) is 0 Å². The van der Waals surface area contributed by atoms with E-state index in [1.165, 1.54) is 25.6 Å². The molecule has 1 aromatic carbocycles. The number of hydrogen-bond acceptors (Lipinski definition) is 8. The van der Waals surface area contributed by atoms with Gasteiger partial charge in [0, 0.05) is 13.1 Å². The van der Waals surface area contributed by atoms with E-state index >= 15 is 0 Å². The predicted molar refractivity (Wildman–Crippen MR) is 108 cm³/mol. The lowest BCUT2D eigenvalue weighted by Crippen LogP contribution is -2.33. The average Bonchev–Trinajstić information content (AvgIpc) is 2.70. The number of hydrogen-bond donors (Lipinski definition) is 2. The van der Waals surface area contributed by atoms with Gasteiger partial charge in [0.15, 0.2) is 0 Å². The highest BCUT2D eigenvalue weighted by atomic mass is 16.6. The number of piperidine rings is 1. The molecule has 0 saturated carbocycles. The third-order valence-electron chi connectivity index (χ3n) is 4.61. The topological polar surface area (TPSA) is 105 Å². The molecule has 0 radical (unpaired) electrons. The van der Waals surface area contributed by atoms with Crippen LogP contribution in [-0.2, 0) is 0 Å². The second kappa shape index (κ2) is 9.84. The van der Waals surface area contributed by atoms with Gasteiger partial charge >= 0.3 is 5.69 Å². The number of nitro groups is 1. The number of aromatic nitrogens is 2. The molecule has 1 saturated heterocycles. The quantitative estimate of drug-likeness (QED) is 0.499. The molecule has 1 aliphatic rings. The molecule has 0 amide bonds. The first-order chi connectivity index (χ1) is 13.7. The molecule has 9 heteroatoms. The van der Waals surface area contributed by atoms with Gasteiger partial charge in [0.1, 0.15) is 12.1 Å². The van der Waals surface area contributed by atoms with E-state index in [4.69, 9.17) is 4.74 Å². The second-order valence-electron chi connectivity index (χ2n) is 6.56. The van der Waals surface area contributed by atoms with Crippen molar-refractivity contribution in [2.45, 2.75) is 26.2 Å². The van der Waals surface area contributed by atoms with Crippen LogP contribution in [-0.4, -0.2) is 52.6 Å². The Morgan fingerprint density at radius 1 is 1.18 bits per heavy atom. The average molecular weight is 386 g/mol. The van der Waals surface area contributed by atoms with E-state index in [0.717, 1.165) is 19.6 Å². The Morgan fingerprint density at radius 2 is 1.93 bits per heavy atom. The monoisotopic (exact) mass is 386 g/mol. The van der Waals surface area contributed by atoms with Gasteiger partial charge < -0.3 is 20.3 Å². The molecule has 9 nitrogen and oxygen atoms in total. The van der Waals surface area contributed by atoms with E-state index in [0.29, 0.717) is 24.6 Å². The number of para-hydroxylation sites is 2. The van der Waals surface area contributed by atoms with Crippen molar-refractivity contribution >= 4 is 23.0 Å². The molecule has 0 aliphatic carbocycles. The molecule has 3 rings (SSSR count). The number of ether oxygens (including phenoxy) is 1. The number of benzene rings is 1. The van der Waals surface area contributed by atoms with Crippen molar-refractivity contribution in [1.82, 2.24) is 14.9 Å². The van der Waals surface area contributed by atoms with Crippen LogP contribution in [0.5, 0.6) is 5.75 Å². The van der Waals surface area contributed by atoms with Gasteiger partial charge in [-0.1, -0.05) is 18.6 Å².